The molecule has 7 heteroatoms. The number of hydrogen-bond donors (Lipinski definition) is 1. The smallest absolute Gasteiger partial charge is 0.292 e. The first-order valence-corrected chi connectivity index (χ1v) is 8.64. The van der Waals surface area contributed by atoms with E-state index in [0.717, 1.165) is 10.2 Å². The van der Waals surface area contributed by atoms with Crippen LogP contribution in [0.2, 0.25) is 0 Å². The van der Waals surface area contributed by atoms with Gasteiger partial charge in [0.1, 0.15) is 23.9 Å². The molecule has 0 aliphatic heterocycles. The second kappa shape index (κ2) is 7.57. The summed E-state index contributed by atoms with van der Waals surface area (Å²) in [5.74, 6) is 1.82. The lowest BCUT2D eigenvalue weighted by molar-refractivity contribution is 0.0991. The van der Waals surface area contributed by atoms with E-state index in [2.05, 4.69) is 26.3 Å². The second-order valence-corrected chi connectivity index (χ2v) is 6.64. The SMILES string of the molecule is CC(C)n1nccc1NC(=O)c1ccc(COc2cccc(Br)c2)o1. The van der Waals surface area contributed by atoms with Gasteiger partial charge < -0.3 is 14.5 Å². The van der Waals surface area contributed by atoms with Crippen LogP contribution in [0.3, 0.4) is 0 Å². The van der Waals surface area contributed by atoms with Crippen molar-refractivity contribution >= 4 is 27.7 Å². The molecule has 0 spiro atoms. The predicted octanol–water partition coefficient (Wildman–Crippen LogP) is 4.65. The number of carbonyl (C=O) groups is 1. The summed E-state index contributed by atoms with van der Waals surface area (Å²) in [5, 5.41) is 6.99. The number of rotatable bonds is 6. The van der Waals surface area contributed by atoms with E-state index in [1.807, 2.05) is 38.1 Å². The Morgan fingerprint density at radius 2 is 2.16 bits per heavy atom. The molecule has 1 amide bonds. The van der Waals surface area contributed by atoms with Gasteiger partial charge in [-0.2, -0.15) is 5.10 Å². The van der Waals surface area contributed by atoms with Crippen LogP contribution < -0.4 is 10.1 Å². The average molecular weight is 404 g/mol. The Morgan fingerprint density at radius 3 is 2.92 bits per heavy atom. The molecular formula is C18H18BrN3O3. The van der Waals surface area contributed by atoms with Gasteiger partial charge >= 0.3 is 0 Å². The molecule has 1 aromatic carbocycles. The van der Waals surface area contributed by atoms with Crippen molar-refractivity contribution in [3.63, 3.8) is 0 Å². The predicted molar refractivity (Wildman–Crippen MR) is 97.7 cm³/mol. The van der Waals surface area contributed by atoms with Gasteiger partial charge in [0.15, 0.2) is 5.76 Å². The first-order chi connectivity index (χ1) is 12.0. The number of anilines is 1. The van der Waals surface area contributed by atoms with Crippen LogP contribution in [0.5, 0.6) is 5.75 Å². The molecule has 6 nitrogen and oxygen atoms in total. The molecule has 0 fully saturated rings. The summed E-state index contributed by atoms with van der Waals surface area (Å²) >= 11 is 3.39. The van der Waals surface area contributed by atoms with E-state index in [1.54, 1.807) is 29.1 Å². The minimum absolute atomic E-state index is 0.149. The van der Waals surface area contributed by atoms with Gasteiger partial charge in [0.25, 0.3) is 5.91 Å². The van der Waals surface area contributed by atoms with Gasteiger partial charge in [0.2, 0.25) is 0 Å². The number of halogens is 1. The van der Waals surface area contributed by atoms with Gasteiger partial charge in [-0.05, 0) is 44.2 Å². The highest BCUT2D eigenvalue weighted by molar-refractivity contribution is 9.10. The van der Waals surface area contributed by atoms with Gasteiger partial charge in [-0.15, -0.1) is 0 Å². The van der Waals surface area contributed by atoms with Crippen molar-refractivity contribution in [1.82, 2.24) is 9.78 Å². The molecule has 0 radical (unpaired) electrons. The molecular weight excluding hydrogens is 386 g/mol. The van der Waals surface area contributed by atoms with Crippen molar-refractivity contribution in [3.8, 4) is 5.75 Å². The fraction of sp³-hybridized carbons (Fsp3) is 0.222. The lowest BCUT2D eigenvalue weighted by Crippen LogP contribution is -2.16. The highest BCUT2D eigenvalue weighted by Gasteiger charge is 2.15. The van der Waals surface area contributed by atoms with E-state index in [-0.39, 0.29) is 24.3 Å². The molecule has 1 N–H and O–H groups in total. The lowest BCUT2D eigenvalue weighted by atomic mass is 10.3. The largest absolute Gasteiger partial charge is 0.486 e. The van der Waals surface area contributed by atoms with E-state index in [9.17, 15) is 4.79 Å². The zero-order valence-corrected chi connectivity index (χ0v) is 15.5. The molecule has 2 aromatic heterocycles. The number of amides is 1. The molecule has 0 unspecified atom stereocenters. The highest BCUT2D eigenvalue weighted by atomic mass is 79.9. The van der Waals surface area contributed by atoms with E-state index in [1.165, 1.54) is 0 Å². The number of nitrogens with zero attached hydrogens (tertiary/aromatic N) is 2. The van der Waals surface area contributed by atoms with E-state index >= 15 is 0 Å². The van der Waals surface area contributed by atoms with Crippen LogP contribution in [-0.4, -0.2) is 15.7 Å². The number of nitrogens with one attached hydrogen (secondary N) is 1. The molecule has 0 saturated carbocycles. The van der Waals surface area contributed by atoms with Crippen molar-refractivity contribution in [3.05, 3.63) is 64.7 Å². The second-order valence-electron chi connectivity index (χ2n) is 5.72. The molecule has 0 saturated heterocycles. The van der Waals surface area contributed by atoms with Crippen molar-refractivity contribution in [2.24, 2.45) is 0 Å². The molecule has 0 aliphatic rings. The Bertz CT molecular complexity index is 870. The Labute approximate surface area is 153 Å². The third-order valence-electron chi connectivity index (χ3n) is 3.46. The van der Waals surface area contributed by atoms with E-state index < -0.39 is 0 Å². The quantitative estimate of drug-likeness (QED) is 0.649. The third-order valence-corrected chi connectivity index (χ3v) is 3.96. The zero-order chi connectivity index (χ0) is 17.8. The number of carbonyl (C=O) groups excluding carboxylic acids is 1. The van der Waals surface area contributed by atoms with Crippen LogP contribution in [-0.2, 0) is 6.61 Å². The third kappa shape index (κ3) is 4.30. The Hall–Kier alpha value is -2.54. The number of ether oxygens (including phenoxy) is 1. The van der Waals surface area contributed by atoms with Crippen molar-refractivity contribution in [1.29, 1.82) is 0 Å². The summed E-state index contributed by atoms with van der Waals surface area (Å²) in [6.45, 7) is 4.23. The van der Waals surface area contributed by atoms with E-state index in [4.69, 9.17) is 9.15 Å². The van der Waals surface area contributed by atoms with Crippen LogP contribution in [0.15, 0.2) is 57.6 Å². The first kappa shape index (κ1) is 17.3. The fourth-order valence-corrected chi connectivity index (χ4v) is 2.67. The summed E-state index contributed by atoms with van der Waals surface area (Å²) in [7, 11) is 0. The summed E-state index contributed by atoms with van der Waals surface area (Å²) in [5.41, 5.74) is 0. The molecule has 3 rings (SSSR count). The number of hydrogen-bond acceptors (Lipinski definition) is 4. The standard InChI is InChI=1S/C18H18BrN3O3/c1-12(2)22-17(8-9-20-22)21-18(23)16-7-6-15(25-16)11-24-14-5-3-4-13(19)10-14/h3-10,12H,11H2,1-2H3,(H,21,23). The lowest BCUT2D eigenvalue weighted by Gasteiger charge is -2.10. The first-order valence-electron chi connectivity index (χ1n) is 7.85. The zero-order valence-electron chi connectivity index (χ0n) is 13.9. The molecule has 0 aliphatic carbocycles. The highest BCUT2D eigenvalue weighted by Crippen LogP contribution is 2.20. The normalized spacial score (nSPS) is 10.9. The van der Waals surface area contributed by atoms with Gasteiger partial charge in [0, 0.05) is 16.6 Å². The van der Waals surface area contributed by atoms with Crippen LogP contribution in [0, 0.1) is 0 Å². The topological polar surface area (TPSA) is 69.3 Å². The Kier molecular flexibility index (Phi) is 5.23. The summed E-state index contributed by atoms with van der Waals surface area (Å²) in [6.07, 6.45) is 1.65. The van der Waals surface area contributed by atoms with Gasteiger partial charge in [-0.1, -0.05) is 22.0 Å². The molecule has 3 aromatic rings. The number of aromatic nitrogens is 2. The summed E-state index contributed by atoms with van der Waals surface area (Å²) in [4.78, 5) is 12.3. The molecule has 2 heterocycles. The van der Waals surface area contributed by atoms with Crippen LogP contribution >= 0.6 is 15.9 Å². The van der Waals surface area contributed by atoms with Crippen LogP contribution in [0.1, 0.15) is 36.2 Å². The number of benzene rings is 1. The number of furan rings is 1. The molecule has 130 valence electrons. The minimum Gasteiger partial charge on any atom is -0.486 e. The van der Waals surface area contributed by atoms with Crippen LogP contribution in [0.25, 0.3) is 0 Å². The molecule has 25 heavy (non-hydrogen) atoms. The summed E-state index contributed by atoms with van der Waals surface area (Å²) < 4.78 is 13.9. The summed E-state index contributed by atoms with van der Waals surface area (Å²) in [6, 6.07) is 12.8. The molecule has 0 atom stereocenters. The monoisotopic (exact) mass is 403 g/mol. The Morgan fingerprint density at radius 1 is 1.32 bits per heavy atom. The fourth-order valence-electron chi connectivity index (χ4n) is 2.29. The van der Waals surface area contributed by atoms with Crippen LogP contribution in [0.4, 0.5) is 5.82 Å². The van der Waals surface area contributed by atoms with E-state index in [0.29, 0.717) is 11.6 Å². The maximum Gasteiger partial charge on any atom is 0.292 e. The van der Waals surface area contributed by atoms with Crippen molar-refractivity contribution in [2.75, 3.05) is 5.32 Å². The van der Waals surface area contributed by atoms with Crippen molar-refractivity contribution < 1.29 is 13.9 Å². The maximum absolute atomic E-state index is 12.3. The molecule has 0 bridgehead atoms. The minimum atomic E-state index is -0.323. The van der Waals surface area contributed by atoms with Gasteiger partial charge in [0.05, 0.1) is 6.20 Å². The van der Waals surface area contributed by atoms with Crippen molar-refractivity contribution in [2.45, 2.75) is 26.5 Å². The average Bonchev–Trinajstić information content (AvgIpc) is 3.22. The van der Waals surface area contributed by atoms with Gasteiger partial charge in [-0.25, -0.2) is 4.68 Å². The Balaban J connectivity index is 1.62. The maximum atomic E-state index is 12.3. The van der Waals surface area contributed by atoms with Gasteiger partial charge in [-0.3, -0.25) is 4.79 Å².